The Morgan fingerprint density at radius 3 is 2.56 bits per heavy atom. The van der Waals surface area contributed by atoms with Crippen LogP contribution in [0.25, 0.3) is 0 Å². The van der Waals surface area contributed by atoms with E-state index in [1.807, 2.05) is 4.90 Å². The maximum absolute atomic E-state index is 14.5. The summed E-state index contributed by atoms with van der Waals surface area (Å²) in [6.07, 6.45) is -0.555. The van der Waals surface area contributed by atoms with Crippen molar-refractivity contribution in [3.05, 3.63) is 53.2 Å². The first kappa shape index (κ1) is 31.0. The Labute approximate surface area is 257 Å². The maximum atomic E-state index is 14.5. The number of alkyl halides is 3. The van der Waals surface area contributed by atoms with Gasteiger partial charge in [-0.3, -0.25) is 9.69 Å². The summed E-state index contributed by atoms with van der Waals surface area (Å²) in [5, 5.41) is 9.45. The van der Waals surface area contributed by atoms with Gasteiger partial charge in [0.2, 0.25) is 0 Å². The van der Waals surface area contributed by atoms with E-state index in [4.69, 9.17) is 9.72 Å². The van der Waals surface area contributed by atoms with Crippen molar-refractivity contribution in [2.45, 2.75) is 62.8 Å². The van der Waals surface area contributed by atoms with Gasteiger partial charge >= 0.3 is 12.2 Å². The largest absolute Gasteiger partial charge is 0.461 e. The van der Waals surface area contributed by atoms with Crippen molar-refractivity contribution in [2.24, 2.45) is 0 Å². The molecule has 0 saturated carbocycles. The first-order valence-corrected chi connectivity index (χ1v) is 15.2. The second-order valence-corrected chi connectivity index (χ2v) is 12.1. The van der Waals surface area contributed by atoms with Crippen LogP contribution in [0.3, 0.4) is 0 Å². The van der Waals surface area contributed by atoms with Crippen molar-refractivity contribution in [1.29, 1.82) is 5.26 Å². The Morgan fingerprint density at radius 1 is 1.11 bits per heavy atom. The number of carbonyl (C=O) groups is 1. The van der Waals surface area contributed by atoms with Gasteiger partial charge in [-0.15, -0.1) is 0 Å². The summed E-state index contributed by atoms with van der Waals surface area (Å²) >= 11 is 0. The molecule has 9 nitrogen and oxygen atoms in total. The highest BCUT2D eigenvalue weighted by atomic mass is 19.4. The Morgan fingerprint density at radius 2 is 1.87 bits per heavy atom. The van der Waals surface area contributed by atoms with Gasteiger partial charge in [0, 0.05) is 31.7 Å². The molecular weight excluding hydrogens is 597 g/mol. The van der Waals surface area contributed by atoms with Crippen LogP contribution in [-0.2, 0) is 23.9 Å². The van der Waals surface area contributed by atoms with Crippen molar-refractivity contribution in [3.8, 4) is 12.1 Å². The van der Waals surface area contributed by atoms with Gasteiger partial charge in [-0.2, -0.15) is 28.4 Å². The van der Waals surface area contributed by atoms with E-state index in [1.165, 1.54) is 21.9 Å². The van der Waals surface area contributed by atoms with Crippen molar-refractivity contribution in [3.63, 3.8) is 0 Å². The molecule has 1 aromatic carbocycles. The van der Waals surface area contributed by atoms with Gasteiger partial charge in [0.1, 0.15) is 23.8 Å². The molecule has 3 saturated heterocycles. The van der Waals surface area contributed by atoms with E-state index in [9.17, 15) is 32.0 Å². The number of amides is 1. The zero-order valence-corrected chi connectivity index (χ0v) is 24.8. The zero-order valence-electron chi connectivity index (χ0n) is 24.8. The monoisotopic (exact) mass is 631 g/mol. The van der Waals surface area contributed by atoms with Gasteiger partial charge in [0.25, 0.3) is 5.91 Å². The van der Waals surface area contributed by atoms with E-state index in [0.717, 1.165) is 44.8 Å². The van der Waals surface area contributed by atoms with Crippen LogP contribution in [0.4, 0.5) is 33.5 Å². The smallest absolute Gasteiger partial charge is 0.421 e. The van der Waals surface area contributed by atoms with E-state index < -0.39 is 35.3 Å². The fraction of sp³-hybridized carbons (Fsp3) is 0.548. The molecule has 4 aliphatic heterocycles. The minimum atomic E-state index is -4.89. The van der Waals surface area contributed by atoms with E-state index in [1.54, 1.807) is 0 Å². The Balaban J connectivity index is 1.34. The molecule has 4 aliphatic rings. The van der Waals surface area contributed by atoms with Crippen molar-refractivity contribution in [2.75, 3.05) is 55.7 Å². The summed E-state index contributed by atoms with van der Waals surface area (Å²) in [5.74, 6) is -2.82. The number of nitrogens with zero attached hydrogens (tertiary/aromatic N) is 7. The number of ether oxygens (including phenoxy) is 1. The fourth-order valence-electron chi connectivity index (χ4n) is 7.39. The second kappa shape index (κ2) is 12.1. The fourth-order valence-corrected chi connectivity index (χ4v) is 7.39. The lowest BCUT2D eigenvalue weighted by Gasteiger charge is -2.42. The quantitative estimate of drug-likeness (QED) is 0.323. The minimum Gasteiger partial charge on any atom is -0.461 e. The van der Waals surface area contributed by atoms with Crippen LogP contribution in [0, 0.1) is 17.1 Å². The van der Waals surface area contributed by atoms with Crippen LogP contribution in [0.2, 0.25) is 0 Å². The van der Waals surface area contributed by atoms with E-state index >= 15 is 0 Å². The van der Waals surface area contributed by atoms with Gasteiger partial charge in [-0.1, -0.05) is 12.6 Å². The number of hydrogen-bond donors (Lipinski definition) is 0. The lowest BCUT2D eigenvalue weighted by Crippen LogP contribution is -2.55. The van der Waals surface area contributed by atoms with Crippen LogP contribution in [-0.4, -0.2) is 83.1 Å². The standard InChI is InChI=1S/C31H34F5N7O2/c1-20(32)28(44)43-16-15-41(17-21(43)7-11-37)27-22-8-14-40(25-6-2-5-23(33)26(25)31(34,35)36)18-24(22)38-29(39-27)45-19-30-9-3-12-42(30)13-4-10-30/h2,5-6,21H,1,3-4,7-10,12-19H2/t21-/m0/s1. The average molecular weight is 632 g/mol. The molecule has 0 N–H and O–H groups in total. The van der Waals surface area contributed by atoms with Gasteiger partial charge in [0.05, 0.1) is 42.0 Å². The van der Waals surface area contributed by atoms with E-state index in [0.29, 0.717) is 23.7 Å². The molecule has 14 heteroatoms. The summed E-state index contributed by atoms with van der Waals surface area (Å²) in [5.41, 5.74) is -0.535. The molecule has 0 aliphatic carbocycles. The summed E-state index contributed by atoms with van der Waals surface area (Å²) in [6.45, 7) is 6.16. The number of rotatable bonds is 7. The van der Waals surface area contributed by atoms with Gasteiger partial charge < -0.3 is 19.4 Å². The van der Waals surface area contributed by atoms with Crippen molar-refractivity contribution < 1.29 is 31.5 Å². The van der Waals surface area contributed by atoms with E-state index in [2.05, 4.69) is 22.5 Å². The van der Waals surface area contributed by atoms with Gasteiger partial charge in [-0.25, -0.2) is 8.78 Å². The lowest BCUT2D eigenvalue weighted by atomic mass is 9.95. The number of nitriles is 1. The highest BCUT2D eigenvalue weighted by Gasteiger charge is 2.45. The number of carbonyl (C=O) groups excluding carboxylic acids is 1. The van der Waals surface area contributed by atoms with Crippen molar-refractivity contribution >= 4 is 17.4 Å². The molecule has 1 atom stereocenters. The molecule has 0 bridgehead atoms. The number of piperazine rings is 1. The topological polar surface area (TPSA) is 88.8 Å². The highest BCUT2D eigenvalue weighted by molar-refractivity contribution is 5.91. The molecule has 240 valence electrons. The van der Waals surface area contributed by atoms with Crippen LogP contribution >= 0.6 is 0 Å². The van der Waals surface area contributed by atoms with Crippen LogP contribution in [0.15, 0.2) is 30.6 Å². The zero-order chi connectivity index (χ0) is 31.9. The predicted octanol–water partition coefficient (Wildman–Crippen LogP) is 4.62. The molecule has 3 fully saturated rings. The molecule has 1 amide bonds. The third kappa shape index (κ3) is 5.90. The summed E-state index contributed by atoms with van der Waals surface area (Å²) in [7, 11) is 0. The Kier molecular flexibility index (Phi) is 8.32. The maximum Gasteiger partial charge on any atom is 0.421 e. The molecule has 1 aromatic heterocycles. The molecule has 0 spiro atoms. The third-order valence-electron chi connectivity index (χ3n) is 9.52. The third-order valence-corrected chi connectivity index (χ3v) is 9.52. The second-order valence-electron chi connectivity index (χ2n) is 12.1. The number of fused-ring (bicyclic) bond motifs is 2. The Hall–Kier alpha value is -3.99. The summed E-state index contributed by atoms with van der Waals surface area (Å²) in [6, 6.07) is 4.82. The molecule has 6 rings (SSSR count). The van der Waals surface area contributed by atoms with Crippen LogP contribution in [0.5, 0.6) is 6.01 Å². The van der Waals surface area contributed by atoms with Gasteiger partial charge in [0.15, 0.2) is 5.83 Å². The average Bonchev–Trinajstić information content (AvgIpc) is 3.59. The predicted molar refractivity (Wildman–Crippen MR) is 155 cm³/mol. The summed E-state index contributed by atoms with van der Waals surface area (Å²) < 4.78 is 76.3. The first-order chi connectivity index (χ1) is 21.5. The summed E-state index contributed by atoms with van der Waals surface area (Å²) in [4.78, 5) is 29.0. The molecular formula is C31H34F5N7O2. The number of halogens is 5. The van der Waals surface area contributed by atoms with Gasteiger partial charge in [-0.05, 0) is 57.3 Å². The Bertz CT molecular complexity index is 1520. The minimum absolute atomic E-state index is 0.0350. The lowest BCUT2D eigenvalue weighted by molar-refractivity contribution is -0.139. The van der Waals surface area contributed by atoms with Crippen LogP contribution in [0.1, 0.15) is 48.9 Å². The molecule has 0 radical (unpaired) electrons. The SMILES string of the molecule is C=C(F)C(=O)N1CCN(c2nc(OCC34CCCN3CCC4)nc3c2CCN(c2cccc(F)c2C(F)(F)F)C3)C[C@@H]1CC#N. The molecule has 5 heterocycles. The number of hydrogen-bond acceptors (Lipinski definition) is 8. The number of benzene rings is 1. The normalized spacial score (nSPS) is 21.3. The number of anilines is 2. The number of aromatic nitrogens is 2. The molecule has 45 heavy (non-hydrogen) atoms. The van der Waals surface area contributed by atoms with Crippen LogP contribution < -0.4 is 14.5 Å². The van der Waals surface area contributed by atoms with E-state index in [-0.39, 0.29) is 62.8 Å². The highest BCUT2D eigenvalue weighted by Crippen LogP contribution is 2.42. The first-order valence-electron chi connectivity index (χ1n) is 15.2. The molecule has 2 aromatic rings. The molecule has 0 unspecified atom stereocenters. The van der Waals surface area contributed by atoms with Crippen molar-refractivity contribution in [1.82, 2.24) is 19.8 Å².